The van der Waals surface area contributed by atoms with Gasteiger partial charge in [0, 0.05) is 6.54 Å². The minimum Gasteiger partial charge on any atom is -0.481 e. The van der Waals surface area contributed by atoms with Crippen molar-refractivity contribution in [1.82, 2.24) is 14.7 Å². The molecule has 8 nitrogen and oxygen atoms in total. The molecule has 1 aromatic heterocycles. The monoisotopic (exact) mass is 659 g/mol. The van der Waals surface area contributed by atoms with E-state index in [1.165, 1.54) is 0 Å². The zero-order valence-electron chi connectivity index (χ0n) is 23.3. The van der Waals surface area contributed by atoms with Crippen LogP contribution in [0.2, 0.25) is 10.0 Å². The second-order valence-electron chi connectivity index (χ2n) is 11.1. The van der Waals surface area contributed by atoms with Crippen molar-refractivity contribution < 1.29 is 50.6 Å². The predicted molar refractivity (Wildman–Crippen MR) is 143 cm³/mol. The molecule has 1 saturated carbocycles. The molecule has 16 heteroatoms. The molecule has 0 unspecified atom stereocenters. The van der Waals surface area contributed by atoms with Crippen LogP contribution >= 0.6 is 23.2 Å². The van der Waals surface area contributed by atoms with Crippen LogP contribution in [0.3, 0.4) is 0 Å². The zero-order valence-corrected chi connectivity index (χ0v) is 24.8. The third kappa shape index (κ3) is 8.63. The molecule has 1 aliphatic carbocycles. The van der Waals surface area contributed by atoms with Crippen LogP contribution in [0.4, 0.5) is 26.3 Å². The van der Waals surface area contributed by atoms with Crippen molar-refractivity contribution in [3.8, 4) is 0 Å². The van der Waals surface area contributed by atoms with Gasteiger partial charge in [0.15, 0.2) is 11.5 Å². The van der Waals surface area contributed by atoms with Crippen molar-refractivity contribution >= 4 is 40.9 Å². The Morgan fingerprint density at radius 1 is 1.00 bits per heavy atom. The zero-order chi connectivity index (χ0) is 32.5. The molecule has 0 aliphatic heterocycles. The first-order valence-electron chi connectivity index (χ1n) is 13.1. The minimum absolute atomic E-state index is 0.0852. The summed E-state index contributed by atoms with van der Waals surface area (Å²) in [7, 11) is 0. The summed E-state index contributed by atoms with van der Waals surface area (Å²) in [5, 5.41) is 11.8. The van der Waals surface area contributed by atoms with Gasteiger partial charge in [0.1, 0.15) is 0 Å². The Balaban J connectivity index is 1.97. The van der Waals surface area contributed by atoms with Gasteiger partial charge in [-0.05, 0) is 58.6 Å². The number of alkyl halides is 6. The molecular weight excluding hydrogens is 631 g/mol. The van der Waals surface area contributed by atoms with E-state index < -0.39 is 86.5 Å². The highest BCUT2D eigenvalue weighted by molar-refractivity contribution is 6.40. The summed E-state index contributed by atoms with van der Waals surface area (Å²) in [6.07, 6.45) is -8.72. The molecule has 1 heterocycles. The number of halogens is 8. The summed E-state index contributed by atoms with van der Waals surface area (Å²) in [4.78, 5) is 38.8. The topological polar surface area (TPSA) is 102 Å². The molecule has 1 fully saturated rings. The van der Waals surface area contributed by atoms with Crippen LogP contribution in [0, 0.1) is 5.92 Å². The largest absolute Gasteiger partial charge is 0.481 e. The molecule has 1 aliphatic rings. The Morgan fingerprint density at radius 2 is 1.56 bits per heavy atom. The lowest BCUT2D eigenvalue weighted by atomic mass is 9.86. The van der Waals surface area contributed by atoms with E-state index in [2.05, 4.69) is 5.10 Å². The number of nitrogens with zero attached hydrogens (tertiary/aromatic N) is 3. The van der Waals surface area contributed by atoms with Crippen molar-refractivity contribution in [3.63, 3.8) is 0 Å². The SMILES string of the molecule is CC(C)(C)OCCN(CC(=O)c1c(Cl)cc(C(F)(F)F)cc1Cl)C(=O)c1cnn(C2CCC(C(=O)O)CC2)c1C(F)(F)F. The first-order valence-corrected chi connectivity index (χ1v) is 13.9. The fourth-order valence-electron chi connectivity index (χ4n) is 4.79. The minimum atomic E-state index is -5.05. The molecule has 238 valence electrons. The van der Waals surface area contributed by atoms with Crippen molar-refractivity contribution in [3.05, 3.63) is 50.8 Å². The molecular formula is C27H29Cl2F6N3O5. The number of benzene rings is 1. The van der Waals surface area contributed by atoms with Gasteiger partial charge in [-0.1, -0.05) is 23.2 Å². The predicted octanol–water partition coefficient (Wildman–Crippen LogP) is 7.18. The van der Waals surface area contributed by atoms with E-state index in [0.717, 1.165) is 11.1 Å². The number of hydrogen-bond donors (Lipinski definition) is 1. The molecule has 0 spiro atoms. The van der Waals surface area contributed by atoms with Gasteiger partial charge < -0.3 is 14.7 Å². The lowest BCUT2D eigenvalue weighted by molar-refractivity contribution is -0.147. The summed E-state index contributed by atoms with van der Waals surface area (Å²) in [6, 6.07) is 0.152. The summed E-state index contributed by atoms with van der Waals surface area (Å²) in [5.41, 5.74) is -4.69. The highest BCUT2D eigenvalue weighted by Crippen LogP contribution is 2.40. The molecule has 1 aromatic carbocycles. The first kappa shape index (κ1) is 34.6. The normalized spacial score (nSPS) is 18.0. The Labute approximate surface area is 252 Å². The first-order chi connectivity index (χ1) is 19.7. The number of aliphatic carboxylic acids is 1. The number of rotatable bonds is 9. The number of amides is 1. The number of carbonyl (C=O) groups excluding carboxylic acids is 2. The van der Waals surface area contributed by atoms with Crippen LogP contribution < -0.4 is 0 Å². The number of aromatic nitrogens is 2. The number of Topliss-reactive ketones (excluding diaryl/α,β-unsaturated/α-hetero) is 1. The van der Waals surface area contributed by atoms with Gasteiger partial charge in [0.25, 0.3) is 5.91 Å². The number of carboxylic acid groups (broad SMARTS) is 1. The van der Waals surface area contributed by atoms with Gasteiger partial charge in [0.05, 0.1) is 63.6 Å². The van der Waals surface area contributed by atoms with Crippen molar-refractivity contribution in [1.29, 1.82) is 0 Å². The lowest BCUT2D eigenvalue weighted by Gasteiger charge is -2.29. The van der Waals surface area contributed by atoms with Gasteiger partial charge in [-0.15, -0.1) is 0 Å². The van der Waals surface area contributed by atoms with Gasteiger partial charge in [-0.2, -0.15) is 31.4 Å². The lowest BCUT2D eigenvalue weighted by Crippen LogP contribution is -2.40. The number of ether oxygens (including phenoxy) is 1. The highest BCUT2D eigenvalue weighted by atomic mass is 35.5. The van der Waals surface area contributed by atoms with E-state index in [1.54, 1.807) is 20.8 Å². The number of carboxylic acids is 1. The van der Waals surface area contributed by atoms with Crippen LogP contribution in [-0.2, 0) is 21.9 Å². The molecule has 3 rings (SSSR count). The second-order valence-corrected chi connectivity index (χ2v) is 11.9. The standard InChI is InChI=1S/C27H29Cl2F6N3O5/c1-25(2,3)43-9-8-37(13-20(39)21-18(28)10-15(11-19(21)29)26(30,31)32)23(40)17-12-36-38(22(17)27(33,34)35)16-6-4-14(5-7-16)24(41)42/h10-12,14,16H,4-9,13H2,1-3H3,(H,41,42). The second kappa shape index (κ2) is 13.0. The number of carbonyl (C=O) groups is 3. The van der Waals surface area contributed by atoms with Crippen LogP contribution in [-0.4, -0.2) is 62.7 Å². The van der Waals surface area contributed by atoms with Crippen LogP contribution in [0.1, 0.15) is 84.5 Å². The Morgan fingerprint density at radius 3 is 2.02 bits per heavy atom. The molecule has 0 saturated heterocycles. The summed E-state index contributed by atoms with van der Waals surface area (Å²) >= 11 is 11.9. The van der Waals surface area contributed by atoms with E-state index in [4.69, 9.17) is 27.9 Å². The third-order valence-electron chi connectivity index (χ3n) is 6.85. The van der Waals surface area contributed by atoms with Crippen molar-refractivity contribution in [2.75, 3.05) is 19.7 Å². The van der Waals surface area contributed by atoms with E-state index >= 15 is 0 Å². The van der Waals surface area contributed by atoms with E-state index in [9.17, 15) is 45.8 Å². The Kier molecular flexibility index (Phi) is 10.5. The molecule has 0 atom stereocenters. The average molecular weight is 660 g/mol. The number of hydrogen-bond acceptors (Lipinski definition) is 5. The molecule has 1 amide bonds. The quantitative estimate of drug-likeness (QED) is 0.226. The fourth-order valence-corrected chi connectivity index (χ4v) is 5.48. The average Bonchev–Trinajstić information content (AvgIpc) is 3.32. The van der Waals surface area contributed by atoms with Gasteiger partial charge in [-0.3, -0.25) is 19.1 Å². The van der Waals surface area contributed by atoms with Crippen LogP contribution in [0.25, 0.3) is 0 Å². The Hall–Kier alpha value is -2.84. The van der Waals surface area contributed by atoms with Gasteiger partial charge in [0.2, 0.25) is 0 Å². The van der Waals surface area contributed by atoms with Crippen LogP contribution in [0.15, 0.2) is 18.3 Å². The Bertz CT molecular complexity index is 1340. The maximum absolute atomic E-state index is 14.4. The molecule has 0 radical (unpaired) electrons. The highest BCUT2D eigenvalue weighted by Gasteiger charge is 2.43. The van der Waals surface area contributed by atoms with Crippen molar-refractivity contribution in [2.24, 2.45) is 5.92 Å². The van der Waals surface area contributed by atoms with Crippen LogP contribution in [0.5, 0.6) is 0 Å². The summed E-state index contributed by atoms with van der Waals surface area (Å²) in [5.74, 6) is -3.99. The number of ketones is 1. The molecule has 1 N–H and O–H groups in total. The maximum atomic E-state index is 14.4. The molecule has 0 bridgehead atoms. The molecule has 2 aromatic rings. The third-order valence-corrected chi connectivity index (χ3v) is 7.45. The van der Waals surface area contributed by atoms with Crippen molar-refractivity contribution in [2.45, 2.75) is 70.4 Å². The summed E-state index contributed by atoms with van der Waals surface area (Å²) in [6.45, 7) is 3.61. The maximum Gasteiger partial charge on any atom is 0.433 e. The fraction of sp³-hybridized carbons (Fsp3) is 0.556. The van der Waals surface area contributed by atoms with E-state index in [-0.39, 0.29) is 38.8 Å². The van der Waals surface area contributed by atoms with E-state index in [0.29, 0.717) is 16.8 Å². The molecule has 43 heavy (non-hydrogen) atoms. The summed E-state index contributed by atoms with van der Waals surface area (Å²) < 4.78 is 88.8. The smallest absolute Gasteiger partial charge is 0.433 e. The van der Waals surface area contributed by atoms with E-state index in [1.807, 2.05) is 0 Å². The van der Waals surface area contributed by atoms with Gasteiger partial charge in [-0.25, -0.2) is 0 Å². The van der Waals surface area contributed by atoms with Gasteiger partial charge >= 0.3 is 18.3 Å².